The summed E-state index contributed by atoms with van der Waals surface area (Å²) in [5.41, 5.74) is 3.81. The fourth-order valence-corrected chi connectivity index (χ4v) is 7.47. The molecule has 3 aliphatic rings. The lowest BCUT2D eigenvalue weighted by molar-refractivity contribution is -0.197. The lowest BCUT2D eigenvalue weighted by atomic mass is 9.98. The van der Waals surface area contributed by atoms with E-state index in [4.69, 9.17) is 28.4 Å². The van der Waals surface area contributed by atoms with Crippen molar-refractivity contribution in [2.45, 2.75) is 109 Å². The molecule has 16 heteroatoms. The van der Waals surface area contributed by atoms with E-state index in [1.807, 2.05) is 38.1 Å². The Bertz CT molecular complexity index is 2080. The minimum absolute atomic E-state index is 0.0552. The second kappa shape index (κ2) is 15.6. The molecule has 2 fully saturated rings. The van der Waals surface area contributed by atoms with E-state index in [1.54, 1.807) is 57.3 Å². The number of nitrogens with zero attached hydrogens (tertiary/aromatic N) is 5. The molecule has 0 spiro atoms. The van der Waals surface area contributed by atoms with Crippen molar-refractivity contribution in [3.8, 4) is 11.1 Å². The number of imidazole rings is 1. The van der Waals surface area contributed by atoms with Gasteiger partial charge in [-0.25, -0.2) is 29.3 Å². The maximum Gasteiger partial charge on any atom is 0.413 e. The Hall–Kier alpha value is -5.32. The highest BCUT2D eigenvalue weighted by molar-refractivity contribution is 5.93. The number of ether oxygens (including phenoxy) is 6. The molecule has 2 saturated heterocycles. The lowest BCUT2D eigenvalue weighted by Crippen LogP contribution is -2.45. The van der Waals surface area contributed by atoms with E-state index in [-0.39, 0.29) is 38.0 Å². The average molecular weight is 786 g/mol. The van der Waals surface area contributed by atoms with Crippen LogP contribution in [0.2, 0.25) is 0 Å². The lowest BCUT2D eigenvalue weighted by Gasteiger charge is -2.31. The van der Waals surface area contributed by atoms with Crippen molar-refractivity contribution in [1.82, 2.24) is 29.7 Å². The van der Waals surface area contributed by atoms with E-state index in [9.17, 15) is 14.4 Å². The highest BCUT2D eigenvalue weighted by atomic mass is 16.8. The second-order valence-electron chi connectivity index (χ2n) is 16.8. The fraction of sp³-hybridized carbons (Fsp3) is 0.512. The third-order valence-corrected chi connectivity index (χ3v) is 9.65. The van der Waals surface area contributed by atoms with Crippen molar-refractivity contribution in [2.24, 2.45) is 0 Å². The van der Waals surface area contributed by atoms with Crippen LogP contribution in [0.15, 0.2) is 61.2 Å². The Balaban J connectivity index is 1.01. The number of hydrogen-bond donors (Lipinski definition) is 2. The van der Waals surface area contributed by atoms with E-state index in [0.717, 1.165) is 22.3 Å². The van der Waals surface area contributed by atoms with Gasteiger partial charge in [0.05, 0.1) is 12.9 Å². The van der Waals surface area contributed by atoms with Gasteiger partial charge in [-0.1, -0.05) is 48.5 Å². The summed E-state index contributed by atoms with van der Waals surface area (Å²) in [5.74, 6) is -0.833. The van der Waals surface area contributed by atoms with Gasteiger partial charge in [-0.3, -0.25) is 9.88 Å². The molecule has 0 saturated carbocycles. The van der Waals surface area contributed by atoms with Gasteiger partial charge in [0, 0.05) is 19.0 Å². The molecule has 304 valence electrons. The predicted molar refractivity (Wildman–Crippen MR) is 208 cm³/mol. The molecule has 4 aromatic rings. The Morgan fingerprint density at radius 1 is 0.860 bits per heavy atom. The van der Waals surface area contributed by atoms with Gasteiger partial charge in [0.1, 0.15) is 42.4 Å². The van der Waals surface area contributed by atoms with Crippen LogP contribution in [-0.2, 0) is 28.4 Å². The Kier molecular flexibility index (Phi) is 10.9. The number of anilines is 1. The standard InChI is InChI=1S/C41H51N7O9/c1-39(2,3)56-37(50)46-33-30-34(44-22-43-33)48(23-45-30)35-32-31(54-41(7,8)55-32)29(53-35)20-47(38(51)57-40(4,5)6)19-13-18-42-36(49)52-21-28-26-16-11-9-14-24(26)25-15-10-12-17-27(25)28/h9-12,14-17,22-23,28-29,31-32,35H,13,18-21H2,1-8H3,(H,42,49)(H,43,44,46,50)/t29-,31-,32-,35-/m1/s1. The molecule has 0 unspecified atom stereocenters. The third kappa shape index (κ3) is 8.97. The molecule has 16 nitrogen and oxygen atoms in total. The van der Waals surface area contributed by atoms with Crippen LogP contribution in [0.4, 0.5) is 20.2 Å². The summed E-state index contributed by atoms with van der Waals surface area (Å²) in [5, 5.41) is 5.49. The summed E-state index contributed by atoms with van der Waals surface area (Å²) in [4.78, 5) is 53.8. The first-order valence-corrected chi connectivity index (χ1v) is 19.2. The molecule has 2 N–H and O–H groups in total. The Labute approximate surface area is 331 Å². The van der Waals surface area contributed by atoms with Crippen LogP contribution in [0.5, 0.6) is 0 Å². The molecular formula is C41H51N7O9. The maximum atomic E-state index is 13.6. The number of alkyl carbamates (subject to hydrolysis) is 1. The number of carbonyl (C=O) groups is 3. The monoisotopic (exact) mass is 785 g/mol. The van der Waals surface area contributed by atoms with Crippen LogP contribution in [0, 0.1) is 0 Å². The number of nitrogens with one attached hydrogen (secondary N) is 2. The molecule has 2 aliphatic heterocycles. The van der Waals surface area contributed by atoms with E-state index in [0.29, 0.717) is 17.6 Å². The Morgan fingerprint density at radius 3 is 2.18 bits per heavy atom. The normalized spacial score (nSPS) is 21.1. The molecule has 4 heterocycles. The zero-order valence-electron chi connectivity index (χ0n) is 33.6. The summed E-state index contributed by atoms with van der Waals surface area (Å²) in [6.07, 6.45) is -1.08. The van der Waals surface area contributed by atoms with Crippen LogP contribution >= 0.6 is 0 Å². The van der Waals surface area contributed by atoms with Gasteiger partial charge >= 0.3 is 18.3 Å². The van der Waals surface area contributed by atoms with Crippen LogP contribution in [0.1, 0.15) is 85.1 Å². The number of amides is 3. The predicted octanol–water partition coefficient (Wildman–Crippen LogP) is 6.76. The van der Waals surface area contributed by atoms with Crippen molar-refractivity contribution in [1.29, 1.82) is 0 Å². The zero-order chi connectivity index (χ0) is 40.7. The maximum absolute atomic E-state index is 13.6. The minimum atomic E-state index is -0.950. The average Bonchev–Trinajstić information content (AvgIpc) is 3.86. The number of aromatic nitrogens is 4. The highest BCUT2D eigenvalue weighted by Crippen LogP contribution is 2.45. The van der Waals surface area contributed by atoms with Gasteiger partial charge < -0.3 is 38.6 Å². The zero-order valence-corrected chi connectivity index (χ0v) is 33.6. The molecule has 57 heavy (non-hydrogen) atoms. The molecule has 7 rings (SSSR count). The minimum Gasteiger partial charge on any atom is -0.449 e. The third-order valence-electron chi connectivity index (χ3n) is 9.65. The van der Waals surface area contributed by atoms with Crippen molar-refractivity contribution >= 4 is 35.3 Å². The summed E-state index contributed by atoms with van der Waals surface area (Å²) < 4.78 is 37.9. The second-order valence-corrected chi connectivity index (χ2v) is 16.8. The van der Waals surface area contributed by atoms with E-state index in [2.05, 4.69) is 49.9 Å². The molecule has 2 aromatic carbocycles. The number of fused-ring (bicyclic) bond motifs is 5. The summed E-state index contributed by atoms with van der Waals surface area (Å²) in [6.45, 7) is 15.1. The van der Waals surface area contributed by atoms with E-state index in [1.165, 1.54) is 6.33 Å². The van der Waals surface area contributed by atoms with E-state index >= 15 is 0 Å². The van der Waals surface area contributed by atoms with Crippen molar-refractivity contribution in [3.05, 3.63) is 72.3 Å². The van der Waals surface area contributed by atoms with Crippen LogP contribution in [0.25, 0.3) is 22.3 Å². The number of hydrogen-bond acceptors (Lipinski definition) is 12. The summed E-state index contributed by atoms with van der Waals surface area (Å²) in [6, 6.07) is 16.3. The van der Waals surface area contributed by atoms with Crippen LogP contribution in [0.3, 0.4) is 0 Å². The van der Waals surface area contributed by atoms with Gasteiger partial charge in [-0.15, -0.1) is 0 Å². The topological polar surface area (TPSA) is 177 Å². The smallest absolute Gasteiger partial charge is 0.413 e. The number of benzene rings is 2. The number of rotatable bonds is 10. The molecule has 1 aliphatic carbocycles. The first kappa shape index (κ1) is 39.9. The fourth-order valence-electron chi connectivity index (χ4n) is 7.47. The van der Waals surface area contributed by atoms with E-state index < -0.39 is 59.8 Å². The highest BCUT2D eigenvalue weighted by Gasteiger charge is 2.56. The largest absolute Gasteiger partial charge is 0.449 e. The van der Waals surface area contributed by atoms with Gasteiger partial charge in [0.25, 0.3) is 0 Å². The molecule has 2 aromatic heterocycles. The van der Waals surface area contributed by atoms with Gasteiger partial charge in [-0.05, 0) is 84.1 Å². The molecule has 4 atom stereocenters. The van der Waals surface area contributed by atoms with Gasteiger partial charge in [-0.2, -0.15) is 0 Å². The first-order chi connectivity index (χ1) is 27.0. The molecular weight excluding hydrogens is 734 g/mol. The van der Waals surface area contributed by atoms with Crippen molar-refractivity contribution < 1.29 is 42.8 Å². The van der Waals surface area contributed by atoms with Crippen LogP contribution in [-0.4, -0.2) is 104 Å². The van der Waals surface area contributed by atoms with Crippen molar-refractivity contribution in [2.75, 3.05) is 31.6 Å². The SMILES string of the molecule is CC(C)(C)OC(=O)Nc1ncnc2c1ncn2[C@@H]1O[C@H](CN(CCCNC(=O)OCC2c3ccccc3-c3ccccc32)C(=O)OC(C)(C)C)[C@H]2OC(C)(C)O[C@H]21. The van der Waals surface area contributed by atoms with Gasteiger partial charge in [0.15, 0.2) is 29.0 Å². The molecule has 0 radical (unpaired) electrons. The quantitative estimate of drug-likeness (QED) is 0.128. The van der Waals surface area contributed by atoms with Crippen molar-refractivity contribution in [3.63, 3.8) is 0 Å². The summed E-state index contributed by atoms with van der Waals surface area (Å²) in [7, 11) is 0. The van der Waals surface area contributed by atoms with Gasteiger partial charge in [0.2, 0.25) is 0 Å². The first-order valence-electron chi connectivity index (χ1n) is 19.2. The Morgan fingerprint density at radius 2 is 1.51 bits per heavy atom. The molecule has 0 bridgehead atoms. The summed E-state index contributed by atoms with van der Waals surface area (Å²) >= 11 is 0. The number of carbonyl (C=O) groups excluding carboxylic acids is 3. The molecule has 3 amide bonds. The van der Waals surface area contributed by atoms with Crippen LogP contribution < -0.4 is 10.6 Å².